The Morgan fingerprint density at radius 2 is 2.17 bits per heavy atom. The van der Waals surface area contributed by atoms with E-state index in [4.69, 9.17) is 10.5 Å². The van der Waals surface area contributed by atoms with Crippen LogP contribution in [0, 0.1) is 0 Å². The lowest BCUT2D eigenvalue weighted by Crippen LogP contribution is -2.37. The molecule has 1 saturated heterocycles. The minimum absolute atomic E-state index is 0.0485. The molecule has 1 amide bonds. The highest BCUT2D eigenvalue weighted by molar-refractivity contribution is 5.80. The van der Waals surface area contributed by atoms with E-state index in [1.165, 1.54) is 0 Å². The van der Waals surface area contributed by atoms with E-state index in [1.807, 2.05) is 43.0 Å². The van der Waals surface area contributed by atoms with Gasteiger partial charge in [-0.15, -0.1) is 0 Å². The Bertz CT molecular complexity index is 445. The zero-order chi connectivity index (χ0) is 13.3. The Morgan fingerprint density at radius 3 is 2.78 bits per heavy atom. The summed E-state index contributed by atoms with van der Waals surface area (Å²) >= 11 is 0. The van der Waals surface area contributed by atoms with E-state index in [1.54, 1.807) is 7.11 Å². The molecule has 2 N–H and O–H groups in total. The maximum atomic E-state index is 12.0. The lowest BCUT2D eigenvalue weighted by molar-refractivity contribution is -0.130. The Hall–Kier alpha value is -1.55. The van der Waals surface area contributed by atoms with Gasteiger partial charge in [-0.1, -0.05) is 12.1 Å². The van der Waals surface area contributed by atoms with E-state index in [0.717, 1.165) is 11.3 Å². The number of hydrogen-bond acceptors (Lipinski definition) is 3. The summed E-state index contributed by atoms with van der Waals surface area (Å²) in [6, 6.07) is 7.75. The molecule has 0 saturated carbocycles. The van der Waals surface area contributed by atoms with E-state index >= 15 is 0 Å². The second-order valence-corrected chi connectivity index (χ2v) is 4.98. The molecule has 2 rings (SSSR count). The molecule has 4 heteroatoms. The summed E-state index contributed by atoms with van der Waals surface area (Å²) < 4.78 is 5.23. The van der Waals surface area contributed by atoms with Crippen LogP contribution >= 0.6 is 0 Å². The average molecular weight is 248 g/mol. The van der Waals surface area contributed by atoms with Crippen LogP contribution < -0.4 is 10.5 Å². The van der Waals surface area contributed by atoms with Crippen molar-refractivity contribution in [1.82, 2.24) is 4.90 Å². The maximum Gasteiger partial charge on any atom is 0.225 e. The molecule has 0 aliphatic carbocycles. The Labute approximate surface area is 108 Å². The number of hydrogen-bond donors (Lipinski definition) is 1. The third-order valence-electron chi connectivity index (χ3n) is 3.40. The molecule has 0 spiro atoms. The number of nitrogens with two attached hydrogens (primary N) is 1. The SMILES string of the molecule is COc1cccc([C@@H]2[C@@H](N)CC(=O)N2C(C)C)c1. The summed E-state index contributed by atoms with van der Waals surface area (Å²) in [4.78, 5) is 13.9. The topological polar surface area (TPSA) is 55.6 Å². The number of rotatable bonds is 3. The van der Waals surface area contributed by atoms with Gasteiger partial charge in [0, 0.05) is 18.5 Å². The van der Waals surface area contributed by atoms with Gasteiger partial charge in [0.1, 0.15) is 5.75 Å². The largest absolute Gasteiger partial charge is 0.497 e. The van der Waals surface area contributed by atoms with Gasteiger partial charge in [0.15, 0.2) is 0 Å². The summed E-state index contributed by atoms with van der Waals surface area (Å²) in [5.41, 5.74) is 7.16. The molecule has 0 aromatic heterocycles. The van der Waals surface area contributed by atoms with E-state index in [9.17, 15) is 4.79 Å². The van der Waals surface area contributed by atoms with E-state index in [-0.39, 0.29) is 24.0 Å². The monoisotopic (exact) mass is 248 g/mol. The average Bonchev–Trinajstić information content (AvgIpc) is 2.64. The molecule has 1 heterocycles. The quantitative estimate of drug-likeness (QED) is 0.886. The molecule has 1 aromatic rings. The van der Waals surface area contributed by atoms with Crippen LogP contribution in [-0.4, -0.2) is 30.0 Å². The van der Waals surface area contributed by atoms with Gasteiger partial charge in [-0.25, -0.2) is 0 Å². The molecule has 18 heavy (non-hydrogen) atoms. The first-order valence-corrected chi connectivity index (χ1v) is 6.25. The van der Waals surface area contributed by atoms with E-state index in [0.29, 0.717) is 6.42 Å². The molecule has 2 atom stereocenters. The van der Waals surface area contributed by atoms with Crippen molar-refractivity contribution in [3.05, 3.63) is 29.8 Å². The number of carbonyl (C=O) groups excluding carboxylic acids is 1. The number of likely N-dealkylation sites (tertiary alicyclic amines) is 1. The predicted molar refractivity (Wildman–Crippen MR) is 70.3 cm³/mol. The second-order valence-electron chi connectivity index (χ2n) is 4.98. The van der Waals surface area contributed by atoms with Crippen molar-refractivity contribution in [3.63, 3.8) is 0 Å². The van der Waals surface area contributed by atoms with Crippen LogP contribution in [0.15, 0.2) is 24.3 Å². The third kappa shape index (κ3) is 2.20. The van der Waals surface area contributed by atoms with Crippen LogP contribution in [0.25, 0.3) is 0 Å². The van der Waals surface area contributed by atoms with Gasteiger partial charge < -0.3 is 15.4 Å². The number of carbonyl (C=O) groups is 1. The lowest BCUT2D eigenvalue weighted by atomic mass is 10.00. The van der Waals surface area contributed by atoms with Crippen molar-refractivity contribution < 1.29 is 9.53 Å². The molecule has 1 aliphatic rings. The fraction of sp³-hybridized carbons (Fsp3) is 0.500. The van der Waals surface area contributed by atoms with Crippen molar-refractivity contribution in [2.45, 2.75) is 38.4 Å². The van der Waals surface area contributed by atoms with Gasteiger partial charge in [0.25, 0.3) is 0 Å². The molecule has 1 aromatic carbocycles. The smallest absolute Gasteiger partial charge is 0.225 e. The number of benzene rings is 1. The van der Waals surface area contributed by atoms with Gasteiger partial charge in [-0.2, -0.15) is 0 Å². The summed E-state index contributed by atoms with van der Waals surface area (Å²) in [6.45, 7) is 4.03. The van der Waals surface area contributed by atoms with Crippen molar-refractivity contribution in [2.24, 2.45) is 5.73 Å². The first-order valence-electron chi connectivity index (χ1n) is 6.25. The van der Waals surface area contributed by atoms with Crippen molar-refractivity contribution in [2.75, 3.05) is 7.11 Å². The van der Waals surface area contributed by atoms with Gasteiger partial charge >= 0.3 is 0 Å². The van der Waals surface area contributed by atoms with Gasteiger partial charge in [0.05, 0.1) is 13.2 Å². The number of ether oxygens (including phenoxy) is 1. The fourth-order valence-electron chi connectivity index (χ4n) is 2.62. The number of methoxy groups -OCH3 is 1. The third-order valence-corrected chi connectivity index (χ3v) is 3.40. The molecular weight excluding hydrogens is 228 g/mol. The van der Waals surface area contributed by atoms with Crippen LogP contribution in [0.5, 0.6) is 5.75 Å². The summed E-state index contributed by atoms with van der Waals surface area (Å²) in [7, 11) is 1.64. The standard InChI is InChI=1S/C14H20N2O2/c1-9(2)16-13(17)8-12(15)14(16)10-5-4-6-11(7-10)18-3/h4-7,9,12,14H,8,15H2,1-3H3/t12-,14+/m0/s1. The molecule has 4 nitrogen and oxygen atoms in total. The molecule has 98 valence electrons. The molecule has 0 bridgehead atoms. The van der Waals surface area contributed by atoms with Gasteiger partial charge in [-0.05, 0) is 31.5 Å². The fourth-order valence-corrected chi connectivity index (χ4v) is 2.62. The van der Waals surface area contributed by atoms with Crippen LogP contribution in [0.1, 0.15) is 31.9 Å². The minimum atomic E-state index is -0.146. The summed E-state index contributed by atoms with van der Waals surface area (Å²) in [5, 5.41) is 0. The van der Waals surface area contributed by atoms with Gasteiger partial charge in [-0.3, -0.25) is 4.79 Å². The molecule has 0 unspecified atom stereocenters. The number of amides is 1. The molecule has 1 fully saturated rings. The Morgan fingerprint density at radius 1 is 1.44 bits per heavy atom. The van der Waals surface area contributed by atoms with Crippen LogP contribution in [0.4, 0.5) is 0 Å². The highest BCUT2D eigenvalue weighted by atomic mass is 16.5. The number of nitrogens with zero attached hydrogens (tertiary/aromatic N) is 1. The zero-order valence-corrected chi connectivity index (χ0v) is 11.1. The van der Waals surface area contributed by atoms with Crippen molar-refractivity contribution >= 4 is 5.91 Å². The highest BCUT2D eigenvalue weighted by Gasteiger charge is 2.39. The molecular formula is C14H20N2O2. The van der Waals surface area contributed by atoms with Crippen LogP contribution in [0.2, 0.25) is 0 Å². The highest BCUT2D eigenvalue weighted by Crippen LogP contribution is 2.34. The summed E-state index contributed by atoms with van der Waals surface area (Å²) in [5.74, 6) is 0.924. The van der Waals surface area contributed by atoms with E-state index < -0.39 is 0 Å². The van der Waals surface area contributed by atoms with Crippen molar-refractivity contribution in [3.8, 4) is 5.75 Å². The Kier molecular flexibility index (Phi) is 3.57. The zero-order valence-electron chi connectivity index (χ0n) is 11.1. The summed E-state index contributed by atoms with van der Waals surface area (Å²) in [6.07, 6.45) is 0.417. The normalized spacial score (nSPS) is 23.8. The minimum Gasteiger partial charge on any atom is -0.497 e. The predicted octanol–water partition coefficient (Wildman–Crippen LogP) is 1.70. The Balaban J connectivity index is 2.37. The molecule has 1 aliphatic heterocycles. The first-order chi connectivity index (χ1) is 8.54. The molecule has 0 radical (unpaired) electrons. The van der Waals surface area contributed by atoms with Crippen LogP contribution in [0.3, 0.4) is 0 Å². The van der Waals surface area contributed by atoms with E-state index in [2.05, 4.69) is 0 Å². The maximum absolute atomic E-state index is 12.0. The van der Waals surface area contributed by atoms with Crippen LogP contribution in [-0.2, 0) is 4.79 Å². The first kappa shape index (κ1) is 12.9. The van der Waals surface area contributed by atoms with Crippen molar-refractivity contribution in [1.29, 1.82) is 0 Å². The second kappa shape index (κ2) is 4.98. The lowest BCUT2D eigenvalue weighted by Gasteiger charge is -2.30. The van der Waals surface area contributed by atoms with Gasteiger partial charge in [0.2, 0.25) is 5.91 Å².